The van der Waals surface area contributed by atoms with Crippen LogP contribution in [0.5, 0.6) is 0 Å². The van der Waals surface area contributed by atoms with Crippen molar-refractivity contribution in [1.82, 2.24) is 10.2 Å². The fourth-order valence-electron chi connectivity index (χ4n) is 4.14. The van der Waals surface area contributed by atoms with Gasteiger partial charge in [0.25, 0.3) is 0 Å². The molecular formula is C16H28N2O. The molecule has 0 radical (unpaired) electrons. The van der Waals surface area contributed by atoms with Gasteiger partial charge in [-0.1, -0.05) is 19.8 Å². The van der Waals surface area contributed by atoms with Gasteiger partial charge < -0.3 is 10.2 Å². The molecule has 2 aliphatic heterocycles. The number of amides is 1. The molecule has 3 rings (SSSR count). The highest BCUT2D eigenvalue weighted by Crippen LogP contribution is 2.32. The molecule has 0 aromatic rings. The van der Waals surface area contributed by atoms with E-state index in [2.05, 4.69) is 17.1 Å². The Bertz CT molecular complexity index is 323. The zero-order valence-corrected chi connectivity index (χ0v) is 12.2. The van der Waals surface area contributed by atoms with Crippen LogP contribution < -0.4 is 5.32 Å². The van der Waals surface area contributed by atoms with Gasteiger partial charge in [-0.3, -0.25) is 4.79 Å². The first kappa shape index (κ1) is 13.4. The molecular weight excluding hydrogens is 236 g/mol. The molecule has 1 amide bonds. The Morgan fingerprint density at radius 3 is 2.53 bits per heavy atom. The molecule has 3 heteroatoms. The largest absolute Gasteiger partial charge is 0.341 e. The second-order valence-corrected chi connectivity index (χ2v) is 6.96. The van der Waals surface area contributed by atoms with E-state index in [-0.39, 0.29) is 6.04 Å². The van der Waals surface area contributed by atoms with Crippen LogP contribution in [0.2, 0.25) is 0 Å². The first-order valence-electron chi connectivity index (χ1n) is 8.29. The quantitative estimate of drug-likeness (QED) is 0.789. The van der Waals surface area contributed by atoms with Crippen LogP contribution in [0.4, 0.5) is 0 Å². The minimum atomic E-state index is 0.118. The molecule has 3 aliphatic rings. The van der Waals surface area contributed by atoms with E-state index in [0.717, 1.165) is 31.3 Å². The van der Waals surface area contributed by atoms with E-state index in [9.17, 15) is 4.79 Å². The summed E-state index contributed by atoms with van der Waals surface area (Å²) in [5.74, 6) is 2.03. The van der Waals surface area contributed by atoms with Crippen molar-refractivity contribution >= 4 is 5.91 Å². The van der Waals surface area contributed by atoms with Gasteiger partial charge in [-0.2, -0.15) is 0 Å². The van der Waals surface area contributed by atoms with Gasteiger partial charge in [0.2, 0.25) is 5.91 Å². The highest BCUT2D eigenvalue weighted by atomic mass is 16.2. The SMILES string of the molecule is CC1CCN(C(=O)C2CCC3CCCCC3N2)CC1. The van der Waals surface area contributed by atoms with Gasteiger partial charge in [0.15, 0.2) is 0 Å². The van der Waals surface area contributed by atoms with Crippen molar-refractivity contribution in [1.29, 1.82) is 0 Å². The summed E-state index contributed by atoms with van der Waals surface area (Å²) in [6, 6.07) is 0.743. The lowest BCUT2D eigenvalue weighted by Crippen LogP contribution is -2.56. The molecule has 1 saturated carbocycles. The van der Waals surface area contributed by atoms with Gasteiger partial charge in [0.05, 0.1) is 6.04 Å². The van der Waals surface area contributed by atoms with Crippen LogP contribution in [0.3, 0.4) is 0 Å². The van der Waals surface area contributed by atoms with Crippen molar-refractivity contribution in [3.8, 4) is 0 Å². The molecule has 0 aromatic heterocycles. The van der Waals surface area contributed by atoms with Crippen molar-refractivity contribution in [2.75, 3.05) is 13.1 Å². The molecule has 3 unspecified atom stereocenters. The van der Waals surface area contributed by atoms with Crippen molar-refractivity contribution in [3.63, 3.8) is 0 Å². The lowest BCUT2D eigenvalue weighted by molar-refractivity contribution is -0.136. The molecule has 3 fully saturated rings. The average molecular weight is 264 g/mol. The Morgan fingerprint density at radius 1 is 1.00 bits per heavy atom. The maximum Gasteiger partial charge on any atom is 0.239 e. The highest BCUT2D eigenvalue weighted by molar-refractivity contribution is 5.82. The maximum absolute atomic E-state index is 12.6. The smallest absolute Gasteiger partial charge is 0.239 e. The average Bonchev–Trinajstić information content (AvgIpc) is 2.47. The highest BCUT2D eigenvalue weighted by Gasteiger charge is 2.36. The van der Waals surface area contributed by atoms with Crippen LogP contribution in [0, 0.1) is 11.8 Å². The Kier molecular flexibility index (Phi) is 4.11. The molecule has 0 bridgehead atoms. The summed E-state index contributed by atoms with van der Waals surface area (Å²) in [5, 5.41) is 3.67. The van der Waals surface area contributed by atoms with Gasteiger partial charge in [0, 0.05) is 19.1 Å². The zero-order chi connectivity index (χ0) is 13.2. The summed E-state index contributed by atoms with van der Waals surface area (Å²) in [6.07, 6.45) is 10.1. The Labute approximate surface area is 117 Å². The zero-order valence-electron chi connectivity index (χ0n) is 12.2. The molecule has 0 aromatic carbocycles. The van der Waals surface area contributed by atoms with Crippen LogP contribution in [-0.4, -0.2) is 36.0 Å². The van der Waals surface area contributed by atoms with Gasteiger partial charge in [-0.25, -0.2) is 0 Å². The summed E-state index contributed by atoms with van der Waals surface area (Å²) in [4.78, 5) is 14.7. The number of hydrogen-bond acceptors (Lipinski definition) is 2. The lowest BCUT2D eigenvalue weighted by Gasteiger charge is -2.42. The number of fused-ring (bicyclic) bond motifs is 1. The molecule has 2 saturated heterocycles. The van der Waals surface area contributed by atoms with E-state index in [4.69, 9.17) is 0 Å². The van der Waals surface area contributed by atoms with Crippen LogP contribution in [-0.2, 0) is 4.79 Å². The molecule has 108 valence electrons. The van der Waals surface area contributed by atoms with E-state index < -0.39 is 0 Å². The van der Waals surface area contributed by atoms with Crippen molar-refractivity contribution in [3.05, 3.63) is 0 Å². The van der Waals surface area contributed by atoms with Crippen LogP contribution in [0.15, 0.2) is 0 Å². The topological polar surface area (TPSA) is 32.3 Å². The first-order valence-corrected chi connectivity index (χ1v) is 8.29. The third-order valence-electron chi connectivity index (χ3n) is 5.54. The number of rotatable bonds is 1. The first-order chi connectivity index (χ1) is 9.24. The van der Waals surface area contributed by atoms with E-state index in [0.29, 0.717) is 11.9 Å². The predicted molar refractivity (Wildman–Crippen MR) is 76.9 cm³/mol. The summed E-state index contributed by atoms with van der Waals surface area (Å²) in [6.45, 7) is 4.26. The van der Waals surface area contributed by atoms with Crippen LogP contribution in [0.25, 0.3) is 0 Å². The molecule has 0 spiro atoms. The third-order valence-corrected chi connectivity index (χ3v) is 5.54. The molecule has 3 atom stereocenters. The van der Waals surface area contributed by atoms with E-state index in [1.165, 1.54) is 44.9 Å². The molecule has 19 heavy (non-hydrogen) atoms. The summed E-state index contributed by atoms with van der Waals surface area (Å²) in [7, 11) is 0. The summed E-state index contributed by atoms with van der Waals surface area (Å²) >= 11 is 0. The van der Waals surface area contributed by atoms with Crippen molar-refractivity contribution < 1.29 is 4.79 Å². The maximum atomic E-state index is 12.6. The standard InChI is InChI=1S/C16H28N2O/c1-12-8-10-18(11-9-12)16(19)15-7-6-13-4-2-3-5-14(13)17-15/h12-15,17H,2-11H2,1H3. The molecule has 3 nitrogen and oxygen atoms in total. The fourth-order valence-corrected chi connectivity index (χ4v) is 4.14. The monoisotopic (exact) mass is 264 g/mol. The fraction of sp³-hybridized carbons (Fsp3) is 0.938. The van der Waals surface area contributed by atoms with Gasteiger partial charge in [0.1, 0.15) is 0 Å². The van der Waals surface area contributed by atoms with Gasteiger partial charge in [-0.15, -0.1) is 0 Å². The molecule has 1 N–H and O–H groups in total. The number of carbonyl (C=O) groups excluding carboxylic acids is 1. The number of likely N-dealkylation sites (tertiary alicyclic amines) is 1. The van der Waals surface area contributed by atoms with E-state index in [1.807, 2.05) is 0 Å². The second kappa shape index (κ2) is 5.82. The molecule has 1 aliphatic carbocycles. The van der Waals surface area contributed by atoms with E-state index in [1.54, 1.807) is 0 Å². The Morgan fingerprint density at radius 2 is 1.74 bits per heavy atom. The summed E-state index contributed by atoms with van der Waals surface area (Å²) < 4.78 is 0. The molecule has 2 heterocycles. The van der Waals surface area contributed by atoms with Gasteiger partial charge in [-0.05, 0) is 50.4 Å². The minimum absolute atomic E-state index is 0.118. The minimum Gasteiger partial charge on any atom is -0.341 e. The van der Waals surface area contributed by atoms with Gasteiger partial charge >= 0.3 is 0 Å². The van der Waals surface area contributed by atoms with Crippen molar-refractivity contribution in [2.24, 2.45) is 11.8 Å². The second-order valence-electron chi connectivity index (χ2n) is 6.96. The van der Waals surface area contributed by atoms with Crippen LogP contribution >= 0.6 is 0 Å². The van der Waals surface area contributed by atoms with Crippen molar-refractivity contribution in [2.45, 2.75) is 70.4 Å². The predicted octanol–water partition coefficient (Wildman–Crippen LogP) is 2.56. The third kappa shape index (κ3) is 2.96. The van der Waals surface area contributed by atoms with Crippen LogP contribution in [0.1, 0.15) is 58.3 Å². The number of piperidine rings is 2. The number of nitrogens with one attached hydrogen (secondary N) is 1. The Hall–Kier alpha value is -0.570. The number of nitrogens with zero attached hydrogens (tertiary/aromatic N) is 1. The Balaban J connectivity index is 1.55. The number of hydrogen-bond donors (Lipinski definition) is 1. The normalized spacial score (nSPS) is 36.9. The lowest BCUT2D eigenvalue weighted by atomic mass is 9.77. The number of carbonyl (C=O) groups is 1. The van der Waals surface area contributed by atoms with E-state index >= 15 is 0 Å². The summed E-state index contributed by atoms with van der Waals surface area (Å²) in [5.41, 5.74) is 0.